The van der Waals surface area contributed by atoms with Crippen LogP contribution >= 0.6 is 22.9 Å². The first-order valence-corrected chi connectivity index (χ1v) is 7.45. The van der Waals surface area contributed by atoms with Crippen LogP contribution in [-0.4, -0.2) is 15.9 Å². The summed E-state index contributed by atoms with van der Waals surface area (Å²) in [6.45, 7) is 1.97. The fourth-order valence-electron chi connectivity index (χ4n) is 2.60. The lowest BCUT2D eigenvalue weighted by atomic mass is 9.86. The lowest BCUT2D eigenvalue weighted by Crippen LogP contribution is -2.25. The van der Waals surface area contributed by atoms with E-state index in [1.807, 2.05) is 13.0 Å². The second-order valence-electron chi connectivity index (χ2n) is 5.10. The van der Waals surface area contributed by atoms with Crippen LogP contribution in [0, 0.1) is 6.92 Å². The Kier molecular flexibility index (Phi) is 3.21. The molecule has 0 aliphatic heterocycles. The van der Waals surface area contributed by atoms with E-state index in [0.29, 0.717) is 23.8 Å². The molecule has 2 nitrogen and oxygen atoms in total. The summed E-state index contributed by atoms with van der Waals surface area (Å²) < 4.78 is 26.9. The Labute approximate surface area is 118 Å². The number of aromatic nitrogens is 2. The molecule has 3 rings (SSSR count). The number of hydrogen-bond acceptors (Lipinski definition) is 3. The molecule has 19 heavy (non-hydrogen) atoms. The SMILES string of the molecule is Cc1cc2c(Cl)nc(C3CCCC(F)(F)C3)nc2s1. The van der Waals surface area contributed by atoms with Gasteiger partial charge in [0.15, 0.2) is 0 Å². The molecule has 0 amide bonds. The molecule has 2 aromatic heterocycles. The van der Waals surface area contributed by atoms with E-state index in [4.69, 9.17) is 11.6 Å². The summed E-state index contributed by atoms with van der Waals surface area (Å²) in [7, 11) is 0. The Morgan fingerprint density at radius 3 is 2.95 bits per heavy atom. The molecule has 2 heterocycles. The van der Waals surface area contributed by atoms with E-state index in [-0.39, 0.29) is 18.8 Å². The number of aryl methyl sites for hydroxylation is 1. The van der Waals surface area contributed by atoms with Crippen molar-refractivity contribution in [2.45, 2.75) is 44.4 Å². The van der Waals surface area contributed by atoms with Crippen molar-refractivity contribution in [3.8, 4) is 0 Å². The second-order valence-corrected chi connectivity index (χ2v) is 6.69. The highest BCUT2D eigenvalue weighted by atomic mass is 35.5. The number of fused-ring (bicyclic) bond motifs is 1. The van der Waals surface area contributed by atoms with E-state index in [2.05, 4.69) is 9.97 Å². The molecule has 0 bridgehead atoms. The van der Waals surface area contributed by atoms with Gasteiger partial charge in [-0.1, -0.05) is 11.6 Å². The van der Waals surface area contributed by atoms with Gasteiger partial charge in [0.05, 0.1) is 0 Å². The van der Waals surface area contributed by atoms with Gasteiger partial charge in [0.25, 0.3) is 0 Å². The van der Waals surface area contributed by atoms with Gasteiger partial charge in [-0.15, -0.1) is 11.3 Å². The molecule has 1 unspecified atom stereocenters. The lowest BCUT2D eigenvalue weighted by Gasteiger charge is -2.27. The number of alkyl halides is 2. The van der Waals surface area contributed by atoms with Gasteiger partial charge in [-0.3, -0.25) is 0 Å². The standard InChI is InChI=1S/C13H13ClF2N2S/c1-7-5-9-10(14)17-11(18-12(9)19-7)8-3-2-4-13(15,16)6-8/h5,8H,2-4,6H2,1H3. The number of nitrogens with zero attached hydrogens (tertiary/aromatic N) is 2. The molecule has 1 saturated carbocycles. The zero-order valence-corrected chi connectivity index (χ0v) is 12.0. The molecule has 1 aliphatic rings. The molecule has 0 saturated heterocycles. The minimum absolute atomic E-state index is 0.0302. The van der Waals surface area contributed by atoms with Gasteiger partial charge in [-0.2, -0.15) is 0 Å². The molecule has 102 valence electrons. The van der Waals surface area contributed by atoms with E-state index in [1.54, 1.807) is 0 Å². The Hall–Kier alpha value is -0.810. The molecular formula is C13H13ClF2N2S. The van der Waals surface area contributed by atoms with Crippen molar-refractivity contribution >= 4 is 33.2 Å². The first-order chi connectivity index (χ1) is 8.94. The summed E-state index contributed by atoms with van der Waals surface area (Å²) in [6.07, 6.45) is 1.03. The van der Waals surface area contributed by atoms with Gasteiger partial charge in [0, 0.05) is 29.0 Å². The highest BCUT2D eigenvalue weighted by molar-refractivity contribution is 7.18. The summed E-state index contributed by atoms with van der Waals surface area (Å²) in [5, 5.41) is 1.19. The summed E-state index contributed by atoms with van der Waals surface area (Å²) in [5.74, 6) is -2.41. The van der Waals surface area contributed by atoms with Crippen LogP contribution in [-0.2, 0) is 0 Å². The van der Waals surface area contributed by atoms with Crippen molar-refractivity contribution < 1.29 is 8.78 Å². The monoisotopic (exact) mass is 302 g/mol. The van der Waals surface area contributed by atoms with Crippen LogP contribution in [0.5, 0.6) is 0 Å². The average Bonchev–Trinajstić information content (AvgIpc) is 2.69. The van der Waals surface area contributed by atoms with E-state index in [0.717, 1.165) is 15.1 Å². The summed E-state index contributed by atoms with van der Waals surface area (Å²) in [4.78, 5) is 10.6. The minimum atomic E-state index is -2.60. The van der Waals surface area contributed by atoms with Crippen LogP contribution < -0.4 is 0 Å². The molecule has 0 spiro atoms. The minimum Gasteiger partial charge on any atom is -0.222 e. The number of hydrogen-bond donors (Lipinski definition) is 0. The predicted octanol–water partition coefficient (Wildman–Crippen LogP) is 4.95. The fraction of sp³-hybridized carbons (Fsp3) is 0.538. The van der Waals surface area contributed by atoms with E-state index in [9.17, 15) is 8.78 Å². The average molecular weight is 303 g/mol. The molecule has 1 fully saturated rings. The van der Waals surface area contributed by atoms with E-state index in [1.165, 1.54) is 11.3 Å². The van der Waals surface area contributed by atoms with E-state index >= 15 is 0 Å². The van der Waals surface area contributed by atoms with Crippen molar-refractivity contribution in [2.75, 3.05) is 0 Å². The molecular weight excluding hydrogens is 290 g/mol. The molecule has 0 aromatic carbocycles. The number of rotatable bonds is 1. The Bertz CT molecular complexity index is 626. The highest BCUT2D eigenvalue weighted by Crippen LogP contribution is 2.41. The van der Waals surface area contributed by atoms with Gasteiger partial charge >= 0.3 is 0 Å². The first kappa shape index (κ1) is 13.2. The fourth-order valence-corrected chi connectivity index (χ4v) is 3.77. The highest BCUT2D eigenvalue weighted by Gasteiger charge is 2.38. The summed E-state index contributed by atoms with van der Waals surface area (Å²) >= 11 is 7.66. The zero-order chi connectivity index (χ0) is 13.6. The molecule has 2 aromatic rings. The Morgan fingerprint density at radius 1 is 1.42 bits per heavy atom. The second kappa shape index (κ2) is 4.63. The normalized spacial score (nSPS) is 22.8. The third-order valence-corrected chi connectivity index (χ3v) is 4.72. The quantitative estimate of drug-likeness (QED) is 0.697. The van der Waals surface area contributed by atoms with Crippen LogP contribution in [0.4, 0.5) is 8.78 Å². The predicted molar refractivity (Wildman–Crippen MR) is 73.3 cm³/mol. The van der Waals surface area contributed by atoms with Crippen LogP contribution in [0.15, 0.2) is 6.07 Å². The molecule has 0 radical (unpaired) electrons. The zero-order valence-electron chi connectivity index (χ0n) is 10.4. The summed E-state index contributed by atoms with van der Waals surface area (Å²) in [6, 6.07) is 1.93. The van der Waals surface area contributed by atoms with Gasteiger partial charge in [-0.05, 0) is 25.8 Å². The Balaban J connectivity index is 2.00. The van der Waals surface area contributed by atoms with Gasteiger partial charge in [-0.25, -0.2) is 18.7 Å². The maximum atomic E-state index is 13.5. The molecule has 1 aliphatic carbocycles. The van der Waals surface area contributed by atoms with Crippen LogP contribution in [0.1, 0.15) is 42.3 Å². The molecule has 6 heteroatoms. The Morgan fingerprint density at radius 2 is 2.21 bits per heavy atom. The van der Waals surface area contributed by atoms with Crippen LogP contribution in [0.2, 0.25) is 5.15 Å². The van der Waals surface area contributed by atoms with Crippen molar-refractivity contribution in [3.05, 3.63) is 21.9 Å². The third kappa shape index (κ3) is 2.58. The topological polar surface area (TPSA) is 25.8 Å². The number of halogens is 3. The molecule has 0 N–H and O–H groups in total. The maximum Gasteiger partial charge on any atom is 0.248 e. The van der Waals surface area contributed by atoms with Crippen LogP contribution in [0.25, 0.3) is 10.2 Å². The third-order valence-electron chi connectivity index (χ3n) is 3.49. The van der Waals surface area contributed by atoms with Crippen molar-refractivity contribution in [2.24, 2.45) is 0 Å². The van der Waals surface area contributed by atoms with Crippen LogP contribution in [0.3, 0.4) is 0 Å². The first-order valence-electron chi connectivity index (χ1n) is 6.26. The summed E-state index contributed by atoms with van der Waals surface area (Å²) in [5.41, 5.74) is 0. The van der Waals surface area contributed by atoms with E-state index < -0.39 is 5.92 Å². The van der Waals surface area contributed by atoms with Gasteiger partial charge in [0.1, 0.15) is 15.8 Å². The smallest absolute Gasteiger partial charge is 0.222 e. The van der Waals surface area contributed by atoms with Crippen molar-refractivity contribution in [3.63, 3.8) is 0 Å². The molecule has 1 atom stereocenters. The lowest BCUT2D eigenvalue weighted by molar-refractivity contribution is -0.0416. The number of thiophene rings is 1. The van der Waals surface area contributed by atoms with Gasteiger partial charge in [0.2, 0.25) is 5.92 Å². The maximum absolute atomic E-state index is 13.5. The van der Waals surface area contributed by atoms with Gasteiger partial charge < -0.3 is 0 Å². The van der Waals surface area contributed by atoms with Crippen molar-refractivity contribution in [1.29, 1.82) is 0 Å². The van der Waals surface area contributed by atoms with Crippen molar-refractivity contribution in [1.82, 2.24) is 9.97 Å². The largest absolute Gasteiger partial charge is 0.248 e.